The maximum atomic E-state index is 12.9. The normalized spacial score (nSPS) is 10.5. The third-order valence-electron chi connectivity index (χ3n) is 3.34. The first-order valence-corrected chi connectivity index (χ1v) is 8.32. The van der Waals surface area contributed by atoms with Gasteiger partial charge >= 0.3 is 0 Å². The average Bonchev–Trinajstić information content (AvgIpc) is 3.27. The van der Waals surface area contributed by atoms with Crippen LogP contribution < -0.4 is 10.9 Å². The van der Waals surface area contributed by atoms with Crippen LogP contribution in [0.25, 0.3) is 11.4 Å². The zero-order chi connectivity index (χ0) is 18.5. The lowest BCUT2D eigenvalue weighted by Crippen LogP contribution is -2.41. The van der Waals surface area contributed by atoms with E-state index >= 15 is 0 Å². The summed E-state index contributed by atoms with van der Waals surface area (Å²) in [7, 11) is 0. The summed E-state index contributed by atoms with van der Waals surface area (Å²) in [5.41, 5.74) is 5.50. The summed E-state index contributed by atoms with van der Waals surface area (Å²) < 4.78 is 18.7. The highest BCUT2D eigenvalue weighted by Crippen LogP contribution is 2.16. The number of H-pyrrole nitrogens is 1. The van der Waals surface area contributed by atoms with E-state index in [4.69, 9.17) is 4.52 Å². The Hall–Kier alpha value is -3.01. The highest BCUT2D eigenvalue weighted by molar-refractivity contribution is 9.10. The zero-order valence-electron chi connectivity index (χ0n) is 13.3. The molecule has 0 saturated heterocycles. The quantitative estimate of drug-likeness (QED) is 0.547. The zero-order valence-corrected chi connectivity index (χ0v) is 14.8. The van der Waals surface area contributed by atoms with Crippen LogP contribution in [0.5, 0.6) is 0 Å². The van der Waals surface area contributed by atoms with E-state index in [1.165, 1.54) is 24.3 Å². The first kappa shape index (κ1) is 17.8. The molecule has 3 N–H and O–H groups in total. The van der Waals surface area contributed by atoms with Gasteiger partial charge in [0.1, 0.15) is 11.5 Å². The molecule has 8 nitrogen and oxygen atoms in total. The molecule has 0 spiro atoms. The molecule has 0 fully saturated rings. The van der Waals surface area contributed by atoms with Crippen molar-refractivity contribution in [3.63, 3.8) is 0 Å². The topological polar surface area (TPSA) is 113 Å². The van der Waals surface area contributed by atoms with E-state index in [1.807, 2.05) is 0 Å². The van der Waals surface area contributed by atoms with E-state index in [1.54, 1.807) is 12.3 Å². The van der Waals surface area contributed by atoms with E-state index < -0.39 is 11.8 Å². The van der Waals surface area contributed by atoms with Crippen molar-refractivity contribution in [2.45, 2.75) is 12.8 Å². The molecule has 0 aliphatic carbocycles. The standard InChI is InChI=1S/C16H13BrFN5O3/c17-10-7-12(19-8-10)16(25)22-21-13(24)5-6-14-20-15(23-26-14)9-1-3-11(18)4-2-9/h1-4,7-8,19H,5-6H2,(H,21,24)(H,22,25). The van der Waals surface area contributed by atoms with Gasteiger partial charge in [-0.2, -0.15) is 4.98 Å². The van der Waals surface area contributed by atoms with E-state index in [0.717, 1.165) is 4.47 Å². The van der Waals surface area contributed by atoms with Crippen LogP contribution >= 0.6 is 15.9 Å². The summed E-state index contributed by atoms with van der Waals surface area (Å²) in [5, 5.41) is 3.79. The number of carbonyl (C=O) groups excluding carboxylic acids is 2. The number of aromatic amines is 1. The molecule has 2 heterocycles. The number of carbonyl (C=O) groups is 2. The summed E-state index contributed by atoms with van der Waals surface area (Å²) in [4.78, 5) is 30.5. The Bertz CT molecular complexity index is 922. The summed E-state index contributed by atoms with van der Waals surface area (Å²) in [5.74, 6) is -0.668. The number of rotatable bonds is 5. The van der Waals surface area contributed by atoms with Crippen LogP contribution in [0.2, 0.25) is 0 Å². The summed E-state index contributed by atoms with van der Waals surface area (Å²) in [6.45, 7) is 0. The Balaban J connectivity index is 1.47. The predicted molar refractivity (Wildman–Crippen MR) is 92.1 cm³/mol. The van der Waals surface area contributed by atoms with Crippen LogP contribution in [0.4, 0.5) is 4.39 Å². The van der Waals surface area contributed by atoms with Crippen molar-refractivity contribution in [3.05, 3.63) is 58.4 Å². The van der Waals surface area contributed by atoms with Crippen molar-refractivity contribution < 1.29 is 18.5 Å². The van der Waals surface area contributed by atoms with Gasteiger partial charge in [0.05, 0.1) is 0 Å². The number of amides is 2. The van der Waals surface area contributed by atoms with Gasteiger partial charge in [0, 0.05) is 29.1 Å². The molecule has 1 aromatic carbocycles. The van der Waals surface area contributed by atoms with Crippen LogP contribution in [-0.4, -0.2) is 26.9 Å². The average molecular weight is 422 g/mol. The molecule has 26 heavy (non-hydrogen) atoms. The Kier molecular flexibility index (Phi) is 5.42. The second-order valence-corrected chi connectivity index (χ2v) is 6.17. The van der Waals surface area contributed by atoms with E-state index in [9.17, 15) is 14.0 Å². The molecular formula is C16H13BrFN5O3. The van der Waals surface area contributed by atoms with Crippen molar-refractivity contribution >= 4 is 27.7 Å². The first-order chi connectivity index (χ1) is 12.5. The van der Waals surface area contributed by atoms with Gasteiger partial charge < -0.3 is 9.51 Å². The van der Waals surface area contributed by atoms with E-state index in [-0.39, 0.29) is 24.5 Å². The second-order valence-electron chi connectivity index (χ2n) is 5.25. The molecule has 0 unspecified atom stereocenters. The SMILES string of the molecule is O=C(CCc1nc(-c2ccc(F)cc2)no1)NNC(=O)c1cc(Br)c[nH]1. The minimum Gasteiger partial charge on any atom is -0.356 e. The fraction of sp³-hybridized carbons (Fsp3) is 0.125. The summed E-state index contributed by atoms with van der Waals surface area (Å²) >= 11 is 3.21. The first-order valence-electron chi connectivity index (χ1n) is 7.53. The molecule has 0 bridgehead atoms. The number of hydrogen-bond donors (Lipinski definition) is 3. The summed E-state index contributed by atoms with van der Waals surface area (Å²) in [6.07, 6.45) is 1.84. The molecular weight excluding hydrogens is 409 g/mol. The van der Waals surface area contributed by atoms with Crippen LogP contribution in [0.15, 0.2) is 45.5 Å². The smallest absolute Gasteiger partial charge is 0.286 e. The van der Waals surface area contributed by atoms with E-state index in [0.29, 0.717) is 17.1 Å². The van der Waals surface area contributed by atoms with Crippen molar-refractivity contribution in [1.82, 2.24) is 26.0 Å². The summed E-state index contributed by atoms with van der Waals surface area (Å²) in [6, 6.07) is 7.24. The minimum absolute atomic E-state index is 0.0414. The molecule has 0 saturated carbocycles. The molecule has 0 atom stereocenters. The number of hydrogen-bond acceptors (Lipinski definition) is 5. The number of nitrogens with one attached hydrogen (secondary N) is 3. The third kappa shape index (κ3) is 4.54. The Labute approximate surface area is 155 Å². The van der Waals surface area contributed by atoms with Crippen molar-refractivity contribution in [1.29, 1.82) is 0 Å². The third-order valence-corrected chi connectivity index (χ3v) is 3.80. The van der Waals surface area contributed by atoms with Crippen LogP contribution in [0, 0.1) is 5.82 Å². The number of benzene rings is 1. The van der Waals surface area contributed by atoms with Crippen LogP contribution in [0.3, 0.4) is 0 Å². The molecule has 0 radical (unpaired) electrons. The van der Waals surface area contributed by atoms with Gasteiger partial charge in [0.25, 0.3) is 5.91 Å². The molecule has 134 valence electrons. The molecule has 10 heteroatoms. The molecule has 2 aromatic heterocycles. The van der Waals surface area contributed by atoms with Gasteiger partial charge in [-0.15, -0.1) is 0 Å². The van der Waals surface area contributed by atoms with Gasteiger partial charge in [-0.25, -0.2) is 4.39 Å². The van der Waals surface area contributed by atoms with Crippen LogP contribution in [0.1, 0.15) is 22.8 Å². The van der Waals surface area contributed by atoms with Gasteiger partial charge in [-0.05, 0) is 46.3 Å². The number of nitrogens with zero attached hydrogens (tertiary/aromatic N) is 2. The van der Waals surface area contributed by atoms with Crippen molar-refractivity contribution in [2.24, 2.45) is 0 Å². The molecule has 0 aliphatic rings. The number of halogens is 2. The van der Waals surface area contributed by atoms with Gasteiger partial charge in [0.15, 0.2) is 0 Å². The molecule has 0 aliphatic heterocycles. The monoisotopic (exact) mass is 421 g/mol. The fourth-order valence-corrected chi connectivity index (χ4v) is 2.39. The Morgan fingerprint density at radius 3 is 2.69 bits per heavy atom. The second kappa shape index (κ2) is 7.91. The predicted octanol–water partition coefficient (Wildman–Crippen LogP) is 2.36. The lowest BCUT2D eigenvalue weighted by molar-refractivity contribution is -0.121. The lowest BCUT2D eigenvalue weighted by atomic mass is 10.2. The number of hydrazine groups is 1. The Morgan fingerprint density at radius 1 is 1.23 bits per heavy atom. The largest absolute Gasteiger partial charge is 0.356 e. The van der Waals surface area contributed by atoms with Crippen LogP contribution in [-0.2, 0) is 11.2 Å². The van der Waals surface area contributed by atoms with Crippen molar-refractivity contribution in [3.8, 4) is 11.4 Å². The minimum atomic E-state index is -0.472. The number of aryl methyl sites for hydroxylation is 1. The highest BCUT2D eigenvalue weighted by Gasteiger charge is 2.12. The lowest BCUT2D eigenvalue weighted by Gasteiger charge is -2.05. The van der Waals surface area contributed by atoms with Gasteiger partial charge in [-0.3, -0.25) is 20.4 Å². The van der Waals surface area contributed by atoms with Gasteiger partial charge in [0.2, 0.25) is 17.6 Å². The fourth-order valence-electron chi connectivity index (χ4n) is 2.05. The molecule has 3 rings (SSSR count). The van der Waals surface area contributed by atoms with E-state index in [2.05, 4.69) is 41.9 Å². The maximum absolute atomic E-state index is 12.9. The number of aromatic nitrogens is 3. The highest BCUT2D eigenvalue weighted by atomic mass is 79.9. The Morgan fingerprint density at radius 2 is 2.00 bits per heavy atom. The van der Waals surface area contributed by atoms with Gasteiger partial charge in [-0.1, -0.05) is 5.16 Å². The van der Waals surface area contributed by atoms with Crippen molar-refractivity contribution in [2.75, 3.05) is 0 Å². The molecule has 3 aromatic rings. The maximum Gasteiger partial charge on any atom is 0.286 e. The molecule has 2 amide bonds.